The fraction of sp³-hybridized carbons (Fsp3) is 0.300. The third-order valence-corrected chi connectivity index (χ3v) is 3.69. The Morgan fingerprint density at radius 2 is 1.79 bits per heavy atom. The maximum atomic E-state index is 12.7. The minimum atomic E-state index is -1.82. The second-order valence-electron chi connectivity index (χ2n) is 5.95. The van der Waals surface area contributed by atoms with Crippen molar-refractivity contribution in [3.63, 3.8) is 0 Å². The van der Waals surface area contributed by atoms with Crippen LogP contribution in [0.1, 0.15) is 38.4 Å². The van der Waals surface area contributed by atoms with Crippen molar-refractivity contribution in [2.24, 2.45) is 5.73 Å². The number of carboxylic acids is 2. The van der Waals surface area contributed by atoms with E-state index < -0.39 is 53.5 Å². The van der Waals surface area contributed by atoms with Gasteiger partial charge < -0.3 is 21.3 Å². The van der Waals surface area contributed by atoms with Gasteiger partial charge >= 0.3 is 11.9 Å². The summed E-state index contributed by atoms with van der Waals surface area (Å²) in [7, 11) is 0. The van der Waals surface area contributed by atoms with Crippen LogP contribution in [0.3, 0.4) is 0 Å². The number of aliphatic carboxylic acids is 2. The first-order chi connectivity index (χ1) is 15.3. The van der Waals surface area contributed by atoms with Crippen LogP contribution in [-0.4, -0.2) is 45.6 Å². The third-order valence-electron chi connectivity index (χ3n) is 3.69. The SMILES string of the molecule is O=C(O)C(=O)O.[2H]c1c([2H])c([2H])c(C(CCNC(C)C)(C(N)=O)c2ccccn2)c([2H])c1[2H]. The Bertz CT molecular complexity index is 995. The normalized spacial score (nSPS) is 14.9. The van der Waals surface area contributed by atoms with E-state index in [0.29, 0.717) is 6.54 Å². The molecule has 0 spiro atoms. The number of hydrogen-bond acceptors (Lipinski definition) is 5. The number of rotatable bonds is 7. The predicted octanol–water partition coefficient (Wildman–Crippen LogP) is 1.40. The third kappa shape index (κ3) is 6.17. The molecule has 1 aromatic carbocycles. The molecule has 1 atom stereocenters. The average molecular weight is 392 g/mol. The molecule has 0 fully saturated rings. The van der Waals surface area contributed by atoms with Gasteiger partial charge in [-0.1, -0.05) is 50.1 Å². The van der Waals surface area contributed by atoms with E-state index in [1.54, 1.807) is 18.2 Å². The lowest BCUT2D eigenvalue weighted by Gasteiger charge is -2.31. The molecule has 0 saturated heterocycles. The molecule has 0 bridgehead atoms. The molecule has 150 valence electrons. The quantitative estimate of drug-likeness (QED) is 0.522. The van der Waals surface area contributed by atoms with Crippen LogP contribution in [0.25, 0.3) is 0 Å². The molecule has 0 saturated carbocycles. The molecule has 8 heteroatoms. The van der Waals surface area contributed by atoms with Crippen molar-refractivity contribution < 1.29 is 31.5 Å². The van der Waals surface area contributed by atoms with Crippen molar-refractivity contribution in [3.8, 4) is 0 Å². The number of pyridine rings is 1. The summed E-state index contributed by atoms with van der Waals surface area (Å²) in [6, 6.07) is 2.63. The van der Waals surface area contributed by atoms with Crippen LogP contribution in [0.5, 0.6) is 0 Å². The maximum Gasteiger partial charge on any atom is 0.414 e. The minimum absolute atomic E-state index is 0.103. The van der Waals surface area contributed by atoms with Crippen molar-refractivity contribution in [1.29, 1.82) is 0 Å². The molecule has 28 heavy (non-hydrogen) atoms. The number of benzene rings is 1. The van der Waals surface area contributed by atoms with Crippen molar-refractivity contribution in [2.75, 3.05) is 6.54 Å². The number of carbonyl (C=O) groups is 3. The molecule has 2 rings (SSSR count). The average Bonchev–Trinajstić information content (AvgIpc) is 2.75. The Morgan fingerprint density at radius 3 is 2.21 bits per heavy atom. The molecule has 5 N–H and O–H groups in total. The first-order valence-electron chi connectivity index (χ1n) is 10.8. The lowest BCUT2D eigenvalue weighted by atomic mass is 9.73. The summed E-state index contributed by atoms with van der Waals surface area (Å²) in [5, 5.41) is 18.0. The molecule has 8 nitrogen and oxygen atoms in total. The van der Waals surface area contributed by atoms with Crippen LogP contribution in [0.4, 0.5) is 0 Å². The van der Waals surface area contributed by atoms with E-state index in [2.05, 4.69) is 10.3 Å². The van der Waals surface area contributed by atoms with Gasteiger partial charge in [0.1, 0.15) is 5.41 Å². The van der Waals surface area contributed by atoms with E-state index in [1.807, 2.05) is 13.8 Å². The van der Waals surface area contributed by atoms with Gasteiger partial charge in [-0.2, -0.15) is 0 Å². The van der Waals surface area contributed by atoms with Gasteiger partial charge in [0, 0.05) is 12.2 Å². The Hall–Kier alpha value is -3.26. The van der Waals surface area contributed by atoms with E-state index in [1.165, 1.54) is 6.20 Å². The van der Waals surface area contributed by atoms with Gasteiger partial charge in [0.05, 0.1) is 12.5 Å². The molecule has 1 aromatic heterocycles. The number of amides is 1. The van der Waals surface area contributed by atoms with Gasteiger partial charge in [-0.25, -0.2) is 9.59 Å². The van der Waals surface area contributed by atoms with Crippen LogP contribution in [0, 0.1) is 0 Å². The van der Waals surface area contributed by atoms with Crippen LogP contribution in [-0.2, 0) is 19.8 Å². The lowest BCUT2D eigenvalue weighted by molar-refractivity contribution is -0.159. The summed E-state index contributed by atoms with van der Waals surface area (Å²) in [6.45, 7) is 4.23. The topological polar surface area (TPSA) is 143 Å². The number of hydrogen-bond donors (Lipinski definition) is 4. The number of aromatic nitrogens is 1. The van der Waals surface area contributed by atoms with Gasteiger partial charge in [0.15, 0.2) is 0 Å². The molecular formula is C20H25N3O5. The zero-order valence-corrected chi connectivity index (χ0v) is 15.4. The first kappa shape index (κ1) is 15.8. The van der Waals surface area contributed by atoms with Crippen LogP contribution in [0.15, 0.2) is 54.6 Å². The van der Waals surface area contributed by atoms with Crippen molar-refractivity contribution in [1.82, 2.24) is 10.3 Å². The summed E-state index contributed by atoms with van der Waals surface area (Å²) >= 11 is 0. The standard InChI is InChI=1S/C18H23N3O.C2H2O4/c1-14(2)20-13-11-18(17(19)22,15-8-4-3-5-9-15)16-10-6-7-12-21-16;3-1(4)2(5)6/h3-10,12,14,20H,11,13H2,1-2H3,(H2,19,22);(H,3,4)(H,5,6)/i3D,4D,5D,8D,9D;. The van der Waals surface area contributed by atoms with E-state index in [0.717, 1.165) is 0 Å². The highest BCUT2D eigenvalue weighted by Gasteiger charge is 2.41. The van der Waals surface area contributed by atoms with E-state index >= 15 is 0 Å². The number of nitrogens with two attached hydrogens (primary N) is 1. The molecule has 0 aliphatic carbocycles. The number of nitrogens with zero attached hydrogens (tertiary/aromatic N) is 1. The Kier molecular flexibility index (Phi) is 6.07. The fourth-order valence-electron chi connectivity index (χ4n) is 2.38. The number of carboxylic acid groups (broad SMARTS) is 2. The van der Waals surface area contributed by atoms with E-state index in [-0.39, 0.29) is 23.7 Å². The molecule has 1 amide bonds. The van der Waals surface area contributed by atoms with Crippen molar-refractivity contribution in [3.05, 3.63) is 65.9 Å². The summed E-state index contributed by atoms with van der Waals surface area (Å²) in [4.78, 5) is 35.2. The van der Waals surface area contributed by atoms with Crippen LogP contribution >= 0.6 is 0 Å². The van der Waals surface area contributed by atoms with Gasteiger partial charge in [-0.15, -0.1) is 0 Å². The van der Waals surface area contributed by atoms with Gasteiger partial charge in [-0.05, 0) is 30.7 Å². The molecule has 1 unspecified atom stereocenters. The van der Waals surface area contributed by atoms with Crippen molar-refractivity contribution in [2.45, 2.75) is 31.7 Å². The van der Waals surface area contributed by atoms with E-state index in [9.17, 15) is 4.79 Å². The molecule has 1 heterocycles. The summed E-state index contributed by atoms with van der Waals surface area (Å²) < 4.78 is 40.4. The smallest absolute Gasteiger partial charge is 0.414 e. The molecule has 0 aliphatic heterocycles. The number of carbonyl (C=O) groups excluding carboxylic acids is 1. The minimum Gasteiger partial charge on any atom is -0.473 e. The Labute approximate surface area is 170 Å². The second-order valence-corrected chi connectivity index (χ2v) is 5.95. The van der Waals surface area contributed by atoms with Gasteiger partial charge in [0.2, 0.25) is 5.91 Å². The highest BCUT2D eigenvalue weighted by molar-refractivity contribution is 6.27. The molecule has 0 aliphatic rings. The van der Waals surface area contributed by atoms with E-state index in [4.69, 9.17) is 32.4 Å². The first-order valence-corrected chi connectivity index (χ1v) is 8.27. The van der Waals surface area contributed by atoms with Crippen LogP contribution in [0.2, 0.25) is 0 Å². The monoisotopic (exact) mass is 392 g/mol. The summed E-state index contributed by atoms with van der Waals surface area (Å²) in [5.41, 5.74) is 4.23. The molecular weight excluding hydrogens is 362 g/mol. The number of nitrogens with one attached hydrogen (secondary N) is 1. The second kappa shape index (κ2) is 10.8. The zero-order valence-electron chi connectivity index (χ0n) is 20.4. The Morgan fingerprint density at radius 1 is 1.18 bits per heavy atom. The molecule has 2 aromatic rings. The predicted molar refractivity (Wildman–Crippen MR) is 104 cm³/mol. The highest BCUT2D eigenvalue weighted by atomic mass is 16.4. The largest absolute Gasteiger partial charge is 0.473 e. The van der Waals surface area contributed by atoms with Crippen LogP contribution < -0.4 is 11.1 Å². The highest BCUT2D eigenvalue weighted by Crippen LogP contribution is 2.34. The Balaban J connectivity index is 0.000000801. The summed E-state index contributed by atoms with van der Waals surface area (Å²) in [5.74, 6) is -4.46. The van der Waals surface area contributed by atoms with Gasteiger partial charge in [-0.3, -0.25) is 9.78 Å². The van der Waals surface area contributed by atoms with Crippen molar-refractivity contribution >= 4 is 17.8 Å². The summed E-state index contributed by atoms with van der Waals surface area (Å²) in [6.07, 6.45) is 1.59. The number of primary amides is 1. The van der Waals surface area contributed by atoms with Gasteiger partial charge in [0.25, 0.3) is 0 Å². The zero-order chi connectivity index (χ0) is 25.5. The molecule has 0 radical (unpaired) electrons. The maximum absolute atomic E-state index is 12.7. The fourth-order valence-corrected chi connectivity index (χ4v) is 2.38. The lowest BCUT2D eigenvalue weighted by Crippen LogP contribution is -2.45.